The van der Waals surface area contributed by atoms with Crippen molar-refractivity contribution < 1.29 is 19.4 Å². The van der Waals surface area contributed by atoms with Crippen LogP contribution >= 0.6 is 0 Å². The molecule has 1 unspecified atom stereocenters. The van der Waals surface area contributed by atoms with E-state index in [1.165, 1.54) is 0 Å². The number of amides is 1. The Hall–Kier alpha value is -1.75. The van der Waals surface area contributed by atoms with Gasteiger partial charge in [-0.15, -0.1) is 0 Å². The lowest BCUT2D eigenvalue weighted by Crippen LogP contribution is -2.43. The van der Waals surface area contributed by atoms with Crippen molar-refractivity contribution in [3.05, 3.63) is 24.3 Å². The summed E-state index contributed by atoms with van der Waals surface area (Å²) < 4.78 is 10.6. The van der Waals surface area contributed by atoms with Crippen molar-refractivity contribution in [3.8, 4) is 11.5 Å². The van der Waals surface area contributed by atoms with E-state index in [2.05, 4.69) is 5.32 Å². The molecule has 0 aliphatic carbocycles. The van der Waals surface area contributed by atoms with Crippen LogP contribution in [0.1, 0.15) is 27.2 Å². The van der Waals surface area contributed by atoms with Crippen LogP contribution in [0.2, 0.25) is 0 Å². The number of carbonyl (C=O) groups is 1. The second-order valence-corrected chi connectivity index (χ2v) is 5.81. The smallest absolute Gasteiger partial charge is 0.258 e. The molecule has 1 aromatic rings. The lowest BCUT2D eigenvalue weighted by atomic mass is 9.94. The molecule has 21 heavy (non-hydrogen) atoms. The molecule has 0 bridgehead atoms. The van der Waals surface area contributed by atoms with Gasteiger partial charge in [0.05, 0.1) is 12.7 Å². The number of carbonyl (C=O) groups excluding carboxylic acids is 1. The first kappa shape index (κ1) is 17.3. The number of ether oxygens (including phenoxy) is 2. The standard InChI is InChI=1S/C16H25NO4/c1-12(2)9-16(3,19)11-17-15(18)10-21-14-8-6-5-7-13(14)20-4/h5-8,12,19H,9-11H2,1-4H3,(H,17,18). The molecule has 0 aromatic heterocycles. The van der Waals surface area contributed by atoms with Gasteiger partial charge in [-0.05, 0) is 31.4 Å². The maximum absolute atomic E-state index is 11.8. The summed E-state index contributed by atoms with van der Waals surface area (Å²) in [5.41, 5.74) is -0.908. The third-order valence-corrected chi connectivity index (χ3v) is 2.94. The minimum absolute atomic E-state index is 0.113. The zero-order valence-electron chi connectivity index (χ0n) is 13.2. The molecule has 0 spiro atoms. The van der Waals surface area contributed by atoms with E-state index in [-0.39, 0.29) is 19.1 Å². The van der Waals surface area contributed by atoms with Crippen LogP contribution in [0.25, 0.3) is 0 Å². The largest absolute Gasteiger partial charge is 0.493 e. The molecule has 0 radical (unpaired) electrons. The summed E-state index contributed by atoms with van der Waals surface area (Å²) in [5.74, 6) is 1.19. The third kappa shape index (κ3) is 6.49. The number of rotatable bonds is 8. The normalized spacial score (nSPS) is 13.6. The van der Waals surface area contributed by atoms with E-state index in [0.717, 1.165) is 0 Å². The topological polar surface area (TPSA) is 67.8 Å². The molecule has 0 heterocycles. The highest BCUT2D eigenvalue weighted by Crippen LogP contribution is 2.25. The average Bonchev–Trinajstić information content (AvgIpc) is 2.42. The van der Waals surface area contributed by atoms with E-state index in [9.17, 15) is 9.90 Å². The number of benzene rings is 1. The first-order valence-electron chi connectivity index (χ1n) is 7.09. The van der Waals surface area contributed by atoms with E-state index in [4.69, 9.17) is 9.47 Å². The highest BCUT2D eigenvalue weighted by atomic mass is 16.5. The molecule has 2 N–H and O–H groups in total. The van der Waals surface area contributed by atoms with Gasteiger partial charge in [-0.25, -0.2) is 0 Å². The minimum atomic E-state index is -0.908. The second kappa shape index (κ2) is 7.88. The van der Waals surface area contributed by atoms with Crippen molar-refractivity contribution in [2.24, 2.45) is 5.92 Å². The van der Waals surface area contributed by atoms with Gasteiger partial charge in [0.25, 0.3) is 5.91 Å². The molecule has 118 valence electrons. The number of methoxy groups -OCH3 is 1. The number of para-hydroxylation sites is 2. The molecule has 5 nitrogen and oxygen atoms in total. The first-order valence-corrected chi connectivity index (χ1v) is 7.09. The fourth-order valence-corrected chi connectivity index (χ4v) is 2.17. The van der Waals surface area contributed by atoms with Crippen molar-refractivity contribution in [2.75, 3.05) is 20.3 Å². The lowest BCUT2D eigenvalue weighted by molar-refractivity contribution is -0.124. The zero-order chi connectivity index (χ0) is 15.9. The van der Waals surface area contributed by atoms with Crippen LogP contribution in [0.15, 0.2) is 24.3 Å². The van der Waals surface area contributed by atoms with Gasteiger partial charge in [-0.2, -0.15) is 0 Å². The van der Waals surface area contributed by atoms with E-state index < -0.39 is 5.60 Å². The minimum Gasteiger partial charge on any atom is -0.493 e. The molecule has 0 saturated carbocycles. The Morgan fingerprint density at radius 3 is 2.52 bits per heavy atom. The van der Waals surface area contributed by atoms with Gasteiger partial charge >= 0.3 is 0 Å². The highest BCUT2D eigenvalue weighted by Gasteiger charge is 2.22. The van der Waals surface area contributed by atoms with Gasteiger partial charge in [-0.3, -0.25) is 4.79 Å². The molecular weight excluding hydrogens is 270 g/mol. The van der Waals surface area contributed by atoms with Crippen molar-refractivity contribution in [1.29, 1.82) is 0 Å². The third-order valence-electron chi connectivity index (χ3n) is 2.94. The van der Waals surface area contributed by atoms with Gasteiger partial charge in [0.15, 0.2) is 18.1 Å². The number of aliphatic hydroxyl groups is 1. The molecule has 0 aliphatic rings. The summed E-state index contributed by atoms with van der Waals surface area (Å²) in [4.78, 5) is 11.8. The van der Waals surface area contributed by atoms with Crippen molar-refractivity contribution in [1.82, 2.24) is 5.32 Å². The molecule has 1 atom stereocenters. The fraction of sp³-hybridized carbons (Fsp3) is 0.562. The monoisotopic (exact) mass is 295 g/mol. The summed E-state index contributed by atoms with van der Waals surface area (Å²) in [7, 11) is 1.55. The summed E-state index contributed by atoms with van der Waals surface area (Å²) >= 11 is 0. The van der Waals surface area contributed by atoms with Crippen LogP contribution in [0.3, 0.4) is 0 Å². The maximum Gasteiger partial charge on any atom is 0.258 e. The lowest BCUT2D eigenvalue weighted by Gasteiger charge is -2.25. The van der Waals surface area contributed by atoms with Crippen LogP contribution in [0, 0.1) is 5.92 Å². The molecule has 1 rings (SSSR count). The molecule has 1 aromatic carbocycles. The zero-order valence-corrected chi connectivity index (χ0v) is 13.2. The molecule has 0 fully saturated rings. The molecule has 5 heteroatoms. The van der Waals surface area contributed by atoms with Crippen LogP contribution < -0.4 is 14.8 Å². The molecular formula is C16H25NO4. The van der Waals surface area contributed by atoms with Crippen LogP contribution in [0.4, 0.5) is 0 Å². The average molecular weight is 295 g/mol. The Kier molecular flexibility index (Phi) is 6.49. The molecule has 0 aliphatic heterocycles. The van der Waals surface area contributed by atoms with Crippen molar-refractivity contribution >= 4 is 5.91 Å². The van der Waals surface area contributed by atoms with Gasteiger partial charge in [0, 0.05) is 6.54 Å². The van der Waals surface area contributed by atoms with Crippen LogP contribution in [-0.4, -0.2) is 36.9 Å². The summed E-state index contributed by atoms with van der Waals surface area (Å²) in [6.07, 6.45) is 0.626. The van der Waals surface area contributed by atoms with E-state index in [1.54, 1.807) is 26.2 Å². The Balaban J connectivity index is 2.41. The van der Waals surface area contributed by atoms with Gasteiger partial charge in [-0.1, -0.05) is 26.0 Å². The summed E-state index contributed by atoms with van der Waals surface area (Å²) in [5, 5.41) is 12.8. The fourth-order valence-electron chi connectivity index (χ4n) is 2.17. The van der Waals surface area contributed by atoms with Crippen molar-refractivity contribution in [3.63, 3.8) is 0 Å². The van der Waals surface area contributed by atoms with Gasteiger partial charge in [0.1, 0.15) is 0 Å². The number of hydrogen-bond donors (Lipinski definition) is 2. The predicted octanol–water partition coefficient (Wildman–Crippen LogP) is 1.99. The SMILES string of the molecule is COc1ccccc1OCC(=O)NCC(C)(O)CC(C)C. The predicted molar refractivity (Wildman–Crippen MR) is 81.6 cm³/mol. The maximum atomic E-state index is 11.8. The van der Waals surface area contributed by atoms with Crippen LogP contribution in [-0.2, 0) is 4.79 Å². The molecule has 1 amide bonds. The van der Waals surface area contributed by atoms with E-state index in [0.29, 0.717) is 23.8 Å². The quantitative estimate of drug-likeness (QED) is 0.769. The second-order valence-electron chi connectivity index (χ2n) is 5.81. The van der Waals surface area contributed by atoms with E-state index >= 15 is 0 Å². The number of nitrogens with one attached hydrogen (secondary N) is 1. The first-order chi connectivity index (χ1) is 9.84. The highest BCUT2D eigenvalue weighted by molar-refractivity contribution is 5.77. The van der Waals surface area contributed by atoms with Crippen LogP contribution in [0.5, 0.6) is 11.5 Å². The molecule has 0 saturated heterocycles. The van der Waals surface area contributed by atoms with Crippen molar-refractivity contribution in [2.45, 2.75) is 32.8 Å². The Morgan fingerprint density at radius 1 is 1.33 bits per heavy atom. The summed E-state index contributed by atoms with van der Waals surface area (Å²) in [6.45, 7) is 5.87. The van der Waals surface area contributed by atoms with Gasteiger partial charge in [0.2, 0.25) is 0 Å². The van der Waals surface area contributed by atoms with E-state index in [1.807, 2.05) is 26.0 Å². The van der Waals surface area contributed by atoms with Gasteiger partial charge < -0.3 is 19.9 Å². The summed E-state index contributed by atoms with van der Waals surface area (Å²) in [6, 6.07) is 7.14. The Bertz CT molecular complexity index is 457. The number of hydrogen-bond acceptors (Lipinski definition) is 4. The Morgan fingerprint density at radius 2 is 1.95 bits per heavy atom. The Labute approximate surface area is 126 Å².